The lowest BCUT2D eigenvalue weighted by Crippen LogP contribution is -2.36. The number of benzene rings is 2. The van der Waals surface area contributed by atoms with Gasteiger partial charge in [-0.3, -0.25) is 9.59 Å². The van der Waals surface area contributed by atoms with Gasteiger partial charge in [0.05, 0.1) is 5.41 Å². The van der Waals surface area contributed by atoms with E-state index in [0.717, 1.165) is 79.3 Å². The molecule has 7 heteroatoms. The van der Waals surface area contributed by atoms with Crippen LogP contribution in [0.15, 0.2) is 60.7 Å². The highest BCUT2D eigenvalue weighted by atomic mass is 16.2. The quantitative estimate of drug-likeness (QED) is 0.365. The summed E-state index contributed by atoms with van der Waals surface area (Å²) in [7, 11) is 1.73. The van der Waals surface area contributed by atoms with E-state index in [1.807, 2.05) is 36.4 Å². The molecule has 3 aliphatic rings. The Bertz CT molecular complexity index is 1360. The number of anilines is 1. The van der Waals surface area contributed by atoms with Gasteiger partial charge < -0.3 is 16.4 Å². The number of aromatic nitrogens is 2. The third-order valence-electron chi connectivity index (χ3n) is 9.24. The fourth-order valence-electron chi connectivity index (χ4n) is 6.47. The molecule has 3 saturated carbocycles. The zero-order chi connectivity index (χ0) is 27.0. The number of hydrogen-bond acceptors (Lipinski definition) is 5. The summed E-state index contributed by atoms with van der Waals surface area (Å²) >= 11 is 0. The molecule has 1 heterocycles. The Morgan fingerprint density at radius 2 is 1.59 bits per heavy atom. The number of carbonyl (C=O) groups excluding carboxylic acids is 2. The SMILES string of the molecule is CNC(=O)C1(C2CCC(CC(=O)Nc3cc(-c4ccccc4)c(-c4ccc(C5(N)CC5)cc4)nn3)CC2)CC1. The summed E-state index contributed by atoms with van der Waals surface area (Å²) in [4.78, 5) is 25.4. The van der Waals surface area contributed by atoms with Crippen molar-refractivity contribution in [3.8, 4) is 22.4 Å². The molecular formula is C32H37N5O2. The molecule has 0 atom stereocenters. The second kappa shape index (κ2) is 10.2. The Balaban J connectivity index is 1.14. The van der Waals surface area contributed by atoms with Crippen LogP contribution in [0, 0.1) is 17.3 Å². The van der Waals surface area contributed by atoms with E-state index in [-0.39, 0.29) is 22.8 Å². The largest absolute Gasteiger partial charge is 0.359 e. The van der Waals surface area contributed by atoms with E-state index in [4.69, 9.17) is 5.73 Å². The molecule has 7 nitrogen and oxygen atoms in total. The maximum absolute atomic E-state index is 13.0. The third-order valence-corrected chi connectivity index (χ3v) is 9.24. The normalized spacial score (nSPS) is 22.5. The van der Waals surface area contributed by atoms with Crippen molar-refractivity contribution in [2.24, 2.45) is 23.0 Å². The Labute approximate surface area is 230 Å². The van der Waals surface area contributed by atoms with Crippen LogP contribution >= 0.6 is 0 Å². The molecule has 3 aliphatic carbocycles. The monoisotopic (exact) mass is 523 g/mol. The molecule has 2 amide bonds. The minimum absolute atomic E-state index is 0.0334. The zero-order valence-electron chi connectivity index (χ0n) is 22.6. The fraction of sp³-hybridized carbons (Fsp3) is 0.438. The molecule has 3 fully saturated rings. The highest BCUT2D eigenvalue weighted by Crippen LogP contribution is 2.57. The van der Waals surface area contributed by atoms with Crippen LogP contribution < -0.4 is 16.4 Å². The number of rotatable bonds is 8. The lowest BCUT2D eigenvalue weighted by atomic mass is 9.73. The average molecular weight is 524 g/mol. The topological polar surface area (TPSA) is 110 Å². The van der Waals surface area contributed by atoms with E-state index >= 15 is 0 Å². The van der Waals surface area contributed by atoms with Crippen molar-refractivity contribution < 1.29 is 9.59 Å². The molecule has 0 unspecified atom stereocenters. The Morgan fingerprint density at radius 1 is 0.897 bits per heavy atom. The first-order chi connectivity index (χ1) is 18.9. The van der Waals surface area contributed by atoms with Crippen LogP contribution in [0.25, 0.3) is 22.4 Å². The lowest BCUT2D eigenvalue weighted by molar-refractivity contribution is -0.128. The van der Waals surface area contributed by atoms with E-state index in [1.54, 1.807) is 7.05 Å². The van der Waals surface area contributed by atoms with Crippen LogP contribution in [0.2, 0.25) is 0 Å². The van der Waals surface area contributed by atoms with Crippen molar-refractivity contribution in [1.82, 2.24) is 15.5 Å². The second-order valence-electron chi connectivity index (χ2n) is 11.8. The highest BCUT2D eigenvalue weighted by molar-refractivity contribution is 5.91. The van der Waals surface area contributed by atoms with Crippen molar-refractivity contribution in [2.45, 2.75) is 63.3 Å². The first kappa shape index (κ1) is 25.7. The first-order valence-corrected chi connectivity index (χ1v) is 14.3. The van der Waals surface area contributed by atoms with Crippen LogP contribution in [0.5, 0.6) is 0 Å². The number of nitrogens with one attached hydrogen (secondary N) is 2. The average Bonchev–Trinajstić information content (AvgIpc) is 3.91. The van der Waals surface area contributed by atoms with Gasteiger partial charge in [-0.15, -0.1) is 10.2 Å². The molecule has 0 radical (unpaired) electrons. The number of hydrogen-bond donors (Lipinski definition) is 3. The standard InChI is InChI=1S/C32H37N5O2/c1-34-30(39)31(15-16-31)24-11-7-21(8-12-24)19-28(38)35-27-20-26(22-5-3-2-4-6-22)29(37-36-27)23-9-13-25(14-10-23)32(33)17-18-32/h2-6,9-10,13-14,20-21,24H,7-8,11-12,15-19,33H2,1H3,(H,34,39)(H,35,36,38). The summed E-state index contributed by atoms with van der Waals surface area (Å²) in [5.41, 5.74) is 10.9. The molecule has 4 N–H and O–H groups in total. The summed E-state index contributed by atoms with van der Waals surface area (Å²) in [5, 5.41) is 14.8. The molecule has 1 aromatic heterocycles. The van der Waals surface area contributed by atoms with Crippen molar-refractivity contribution >= 4 is 17.6 Å². The molecule has 3 aromatic rings. The van der Waals surface area contributed by atoms with Crippen LogP contribution in [-0.4, -0.2) is 29.1 Å². The van der Waals surface area contributed by atoms with Gasteiger partial charge in [0.2, 0.25) is 11.8 Å². The van der Waals surface area contributed by atoms with Gasteiger partial charge in [0.15, 0.2) is 5.82 Å². The lowest BCUT2D eigenvalue weighted by Gasteiger charge is -2.33. The molecule has 0 aliphatic heterocycles. The van der Waals surface area contributed by atoms with Gasteiger partial charge in [0, 0.05) is 30.1 Å². The maximum Gasteiger partial charge on any atom is 0.226 e. The van der Waals surface area contributed by atoms with Gasteiger partial charge in [-0.1, -0.05) is 54.6 Å². The van der Waals surface area contributed by atoms with E-state index in [9.17, 15) is 9.59 Å². The number of nitrogens with zero attached hydrogens (tertiary/aromatic N) is 2. The van der Waals surface area contributed by atoms with Gasteiger partial charge in [-0.25, -0.2) is 0 Å². The Hall–Kier alpha value is -3.58. The van der Waals surface area contributed by atoms with Crippen LogP contribution in [0.4, 0.5) is 5.82 Å². The van der Waals surface area contributed by atoms with E-state index in [0.29, 0.717) is 24.1 Å². The second-order valence-corrected chi connectivity index (χ2v) is 11.8. The van der Waals surface area contributed by atoms with Gasteiger partial charge in [0.25, 0.3) is 0 Å². The number of amides is 2. The Morgan fingerprint density at radius 3 is 2.21 bits per heavy atom. The molecule has 39 heavy (non-hydrogen) atoms. The van der Waals surface area contributed by atoms with Gasteiger partial charge in [-0.05, 0) is 80.4 Å². The summed E-state index contributed by atoms with van der Waals surface area (Å²) in [6, 6.07) is 20.3. The maximum atomic E-state index is 13.0. The number of nitrogens with two attached hydrogens (primary N) is 1. The van der Waals surface area contributed by atoms with Crippen molar-refractivity contribution in [2.75, 3.05) is 12.4 Å². The van der Waals surface area contributed by atoms with Gasteiger partial charge in [0.1, 0.15) is 5.69 Å². The van der Waals surface area contributed by atoms with E-state index < -0.39 is 0 Å². The molecule has 202 valence electrons. The summed E-state index contributed by atoms with van der Waals surface area (Å²) in [6.07, 6.45) is 8.50. The zero-order valence-corrected chi connectivity index (χ0v) is 22.6. The first-order valence-electron chi connectivity index (χ1n) is 14.3. The Kier molecular flexibility index (Phi) is 6.71. The predicted molar refractivity (Wildman–Crippen MR) is 152 cm³/mol. The minimum Gasteiger partial charge on any atom is -0.359 e. The van der Waals surface area contributed by atoms with Crippen LogP contribution in [-0.2, 0) is 15.1 Å². The molecule has 0 bridgehead atoms. The van der Waals surface area contributed by atoms with E-state index in [2.05, 4.69) is 45.1 Å². The van der Waals surface area contributed by atoms with Crippen molar-refractivity contribution in [1.29, 1.82) is 0 Å². The van der Waals surface area contributed by atoms with Crippen molar-refractivity contribution in [3.05, 3.63) is 66.2 Å². The third kappa shape index (κ3) is 5.20. The summed E-state index contributed by atoms with van der Waals surface area (Å²) in [5.74, 6) is 1.40. The van der Waals surface area contributed by atoms with E-state index in [1.165, 1.54) is 0 Å². The smallest absolute Gasteiger partial charge is 0.226 e. The summed E-state index contributed by atoms with van der Waals surface area (Å²) in [6.45, 7) is 0. The molecular weight excluding hydrogens is 486 g/mol. The number of carbonyl (C=O) groups is 2. The minimum atomic E-state index is -0.177. The molecule has 2 aromatic carbocycles. The van der Waals surface area contributed by atoms with Crippen LogP contribution in [0.3, 0.4) is 0 Å². The van der Waals surface area contributed by atoms with Crippen LogP contribution in [0.1, 0.15) is 63.4 Å². The molecule has 6 rings (SSSR count). The van der Waals surface area contributed by atoms with Crippen molar-refractivity contribution in [3.63, 3.8) is 0 Å². The summed E-state index contributed by atoms with van der Waals surface area (Å²) < 4.78 is 0. The molecule has 0 saturated heterocycles. The predicted octanol–water partition coefficient (Wildman–Crippen LogP) is 5.42. The van der Waals surface area contributed by atoms with Gasteiger partial charge >= 0.3 is 0 Å². The molecule has 0 spiro atoms. The van der Waals surface area contributed by atoms with Gasteiger partial charge in [-0.2, -0.15) is 0 Å². The fourth-order valence-corrected chi connectivity index (χ4v) is 6.47. The highest BCUT2D eigenvalue weighted by Gasteiger charge is 2.55.